The Bertz CT molecular complexity index is 1430. The van der Waals surface area contributed by atoms with Crippen LogP contribution in [0.25, 0.3) is 10.8 Å². The van der Waals surface area contributed by atoms with Gasteiger partial charge in [-0.25, -0.2) is 4.79 Å². The van der Waals surface area contributed by atoms with Crippen LogP contribution in [0.1, 0.15) is 27.0 Å². The predicted molar refractivity (Wildman–Crippen MR) is 135 cm³/mol. The number of carboxylic acid groups (broad SMARTS) is 1. The van der Waals surface area contributed by atoms with Crippen LogP contribution in [-0.4, -0.2) is 30.1 Å². The second kappa shape index (κ2) is 11.2. The minimum Gasteiger partial charge on any atom is -0.497 e. The maximum Gasteiger partial charge on any atom is 0.416 e. The number of carbonyl (C=O) groups is 2. The molecule has 4 aromatic carbocycles. The van der Waals surface area contributed by atoms with E-state index in [1.807, 2.05) is 24.3 Å². The number of carboxylic acids is 1. The van der Waals surface area contributed by atoms with E-state index in [9.17, 15) is 27.9 Å². The lowest BCUT2D eigenvalue weighted by molar-refractivity contribution is -0.139. The number of amides is 1. The van der Waals surface area contributed by atoms with E-state index in [0.29, 0.717) is 16.7 Å². The summed E-state index contributed by atoms with van der Waals surface area (Å²) < 4.78 is 49.8. The van der Waals surface area contributed by atoms with Crippen LogP contribution < -0.4 is 14.8 Å². The van der Waals surface area contributed by atoms with Gasteiger partial charge in [0.05, 0.1) is 18.2 Å². The molecule has 2 N–H and O–H groups in total. The molecule has 4 aromatic rings. The van der Waals surface area contributed by atoms with Gasteiger partial charge in [-0.1, -0.05) is 54.6 Å². The van der Waals surface area contributed by atoms with Crippen molar-refractivity contribution in [1.29, 1.82) is 0 Å². The number of nitrogens with one attached hydrogen (secondary N) is 1. The van der Waals surface area contributed by atoms with Crippen LogP contribution >= 0.6 is 0 Å². The van der Waals surface area contributed by atoms with Crippen LogP contribution in [0.2, 0.25) is 0 Å². The fraction of sp³-hybridized carbons (Fsp3) is 0.172. The smallest absolute Gasteiger partial charge is 0.416 e. The lowest BCUT2D eigenvalue weighted by atomic mass is 10.0. The summed E-state index contributed by atoms with van der Waals surface area (Å²) in [5, 5.41) is 13.7. The van der Waals surface area contributed by atoms with Crippen LogP contribution in [0, 0.1) is 0 Å². The molecular weight excluding hydrogens is 499 g/mol. The Morgan fingerprint density at radius 1 is 0.895 bits per heavy atom. The van der Waals surface area contributed by atoms with Crippen molar-refractivity contribution in [3.05, 3.63) is 107 Å². The van der Waals surface area contributed by atoms with E-state index >= 15 is 0 Å². The van der Waals surface area contributed by atoms with Crippen LogP contribution in [-0.2, 0) is 24.0 Å². The van der Waals surface area contributed by atoms with Gasteiger partial charge in [-0.05, 0) is 46.8 Å². The molecule has 9 heteroatoms. The number of halogens is 3. The van der Waals surface area contributed by atoms with Crippen LogP contribution in [0.5, 0.6) is 11.5 Å². The number of rotatable bonds is 9. The first-order valence-corrected chi connectivity index (χ1v) is 11.6. The maximum atomic E-state index is 13.3. The third-order valence-electron chi connectivity index (χ3n) is 5.99. The van der Waals surface area contributed by atoms with Gasteiger partial charge in [-0.2, -0.15) is 13.2 Å². The summed E-state index contributed by atoms with van der Waals surface area (Å²) in [6.45, 7) is 0.145. The molecule has 0 saturated heterocycles. The summed E-state index contributed by atoms with van der Waals surface area (Å²) in [6.07, 6.45) is -4.70. The largest absolute Gasteiger partial charge is 0.497 e. The summed E-state index contributed by atoms with van der Waals surface area (Å²) in [6, 6.07) is 20.6. The van der Waals surface area contributed by atoms with Crippen molar-refractivity contribution in [2.75, 3.05) is 7.11 Å². The minimum atomic E-state index is -4.50. The maximum absolute atomic E-state index is 13.3. The lowest BCUT2D eigenvalue weighted by Gasteiger charge is -2.18. The van der Waals surface area contributed by atoms with E-state index in [-0.39, 0.29) is 24.3 Å². The van der Waals surface area contributed by atoms with Gasteiger partial charge in [0.1, 0.15) is 24.1 Å². The molecule has 6 nitrogen and oxygen atoms in total. The van der Waals surface area contributed by atoms with E-state index in [1.165, 1.54) is 12.1 Å². The molecule has 4 rings (SSSR count). The van der Waals surface area contributed by atoms with Gasteiger partial charge in [0.25, 0.3) is 5.91 Å². The Hall–Kier alpha value is -4.53. The SMILES string of the molecule is COc1ccc(COc2c(C(=O)N[C@@H](Cc3ccc(C(F)(F)F)cc3)C(=O)O)ccc3ccccc23)cc1. The molecule has 1 amide bonds. The number of hydrogen-bond donors (Lipinski definition) is 2. The molecule has 0 bridgehead atoms. The van der Waals surface area contributed by atoms with Gasteiger partial charge in [-0.3, -0.25) is 4.79 Å². The first kappa shape index (κ1) is 26.5. The third-order valence-corrected chi connectivity index (χ3v) is 5.99. The Balaban J connectivity index is 1.58. The summed E-state index contributed by atoms with van der Waals surface area (Å²) in [5.41, 5.74) is 0.457. The van der Waals surface area contributed by atoms with Crippen molar-refractivity contribution in [1.82, 2.24) is 5.32 Å². The fourth-order valence-corrected chi connectivity index (χ4v) is 3.96. The highest BCUT2D eigenvalue weighted by atomic mass is 19.4. The molecule has 0 saturated carbocycles. The van der Waals surface area contributed by atoms with Gasteiger partial charge in [0, 0.05) is 11.8 Å². The number of ether oxygens (including phenoxy) is 2. The van der Waals surface area contributed by atoms with Crippen LogP contribution in [0.4, 0.5) is 13.2 Å². The second-order valence-electron chi connectivity index (χ2n) is 8.56. The first-order valence-electron chi connectivity index (χ1n) is 11.6. The lowest BCUT2D eigenvalue weighted by Crippen LogP contribution is -2.42. The number of alkyl halides is 3. The molecule has 0 aliphatic heterocycles. The van der Waals surface area contributed by atoms with E-state index < -0.39 is 29.7 Å². The number of fused-ring (bicyclic) bond motifs is 1. The summed E-state index contributed by atoms with van der Waals surface area (Å²) in [7, 11) is 1.56. The zero-order chi connectivity index (χ0) is 27.3. The van der Waals surface area contributed by atoms with Gasteiger partial charge in [0.2, 0.25) is 0 Å². The molecule has 0 heterocycles. The first-order chi connectivity index (χ1) is 18.2. The summed E-state index contributed by atoms with van der Waals surface area (Å²) in [5.74, 6) is -1.03. The third kappa shape index (κ3) is 6.23. The molecule has 0 spiro atoms. The number of methoxy groups -OCH3 is 1. The van der Waals surface area contributed by atoms with E-state index in [1.54, 1.807) is 43.5 Å². The Labute approximate surface area is 216 Å². The highest BCUT2D eigenvalue weighted by Gasteiger charge is 2.30. The van der Waals surface area contributed by atoms with Crippen molar-refractivity contribution >= 4 is 22.6 Å². The molecule has 0 aliphatic carbocycles. The van der Waals surface area contributed by atoms with Gasteiger partial charge < -0.3 is 19.9 Å². The van der Waals surface area contributed by atoms with Crippen LogP contribution in [0.15, 0.2) is 84.9 Å². The quantitative estimate of drug-likeness (QED) is 0.287. The molecule has 1 atom stereocenters. The number of aliphatic carboxylic acids is 1. The highest BCUT2D eigenvalue weighted by Crippen LogP contribution is 2.32. The zero-order valence-electron chi connectivity index (χ0n) is 20.3. The van der Waals surface area contributed by atoms with Crippen molar-refractivity contribution in [2.24, 2.45) is 0 Å². The molecule has 0 fully saturated rings. The Morgan fingerprint density at radius 3 is 2.18 bits per heavy atom. The number of carbonyl (C=O) groups excluding carboxylic acids is 1. The standard InChI is InChI=1S/C29H24F3NO5/c1-37-22-13-8-19(9-14-22)17-38-26-23-5-3-2-4-20(23)10-15-24(26)27(34)33-25(28(35)36)16-18-6-11-21(12-7-18)29(30,31)32/h2-15,25H,16-17H2,1H3,(H,33,34)(H,35,36)/t25-/m0/s1. The minimum absolute atomic E-state index is 0.135. The monoisotopic (exact) mass is 523 g/mol. The molecular formula is C29H24F3NO5. The van der Waals surface area contributed by atoms with E-state index in [4.69, 9.17) is 9.47 Å². The summed E-state index contributed by atoms with van der Waals surface area (Å²) in [4.78, 5) is 25.2. The Kier molecular flexibility index (Phi) is 7.85. The molecule has 0 aromatic heterocycles. The topological polar surface area (TPSA) is 84.9 Å². The van der Waals surface area contributed by atoms with Gasteiger partial charge >= 0.3 is 12.1 Å². The Morgan fingerprint density at radius 2 is 1.55 bits per heavy atom. The van der Waals surface area contributed by atoms with Gasteiger partial charge in [-0.15, -0.1) is 0 Å². The van der Waals surface area contributed by atoms with Crippen molar-refractivity contribution in [3.8, 4) is 11.5 Å². The zero-order valence-corrected chi connectivity index (χ0v) is 20.3. The van der Waals surface area contributed by atoms with Crippen molar-refractivity contribution in [3.63, 3.8) is 0 Å². The highest BCUT2D eigenvalue weighted by molar-refractivity contribution is 6.04. The molecule has 0 aliphatic rings. The predicted octanol–water partition coefficient (Wildman–Crippen LogP) is 5.87. The van der Waals surface area contributed by atoms with Crippen molar-refractivity contribution < 1.29 is 37.3 Å². The van der Waals surface area contributed by atoms with Crippen molar-refractivity contribution in [2.45, 2.75) is 25.2 Å². The van der Waals surface area contributed by atoms with Gasteiger partial charge in [0.15, 0.2) is 0 Å². The number of hydrogen-bond acceptors (Lipinski definition) is 4. The average Bonchev–Trinajstić information content (AvgIpc) is 2.91. The van der Waals surface area contributed by atoms with Crippen LogP contribution in [0.3, 0.4) is 0 Å². The molecule has 38 heavy (non-hydrogen) atoms. The molecule has 0 radical (unpaired) electrons. The van der Waals surface area contributed by atoms with E-state index in [0.717, 1.165) is 23.1 Å². The molecule has 0 unspecified atom stereocenters. The molecule has 196 valence electrons. The number of benzene rings is 4. The normalized spacial score (nSPS) is 12.1. The van der Waals surface area contributed by atoms with E-state index in [2.05, 4.69) is 5.32 Å². The fourth-order valence-electron chi connectivity index (χ4n) is 3.96. The average molecular weight is 524 g/mol. The summed E-state index contributed by atoms with van der Waals surface area (Å²) >= 11 is 0. The second-order valence-corrected chi connectivity index (χ2v) is 8.56.